The van der Waals surface area contributed by atoms with Gasteiger partial charge in [0.1, 0.15) is 71.0 Å². The van der Waals surface area contributed by atoms with Crippen LogP contribution in [-0.4, -0.2) is 140 Å². The van der Waals surface area contributed by atoms with Crippen LogP contribution >= 0.6 is 11.8 Å². The first-order chi connectivity index (χ1) is 20.7. The van der Waals surface area contributed by atoms with E-state index in [9.17, 15) is 30.6 Å². The third-order valence-electron chi connectivity index (χ3n) is 7.75. The molecule has 0 amide bonds. The molecule has 232 valence electrons. The molecule has 10 atom stereocenters. The maximum atomic E-state index is 11.4. The number of hydrogen-bond acceptors (Lipinski definition) is 15. The molecule has 2 fully saturated rings. The van der Waals surface area contributed by atoms with E-state index in [1.165, 1.54) is 9.36 Å². The topological polar surface area (TPSA) is 237 Å². The summed E-state index contributed by atoms with van der Waals surface area (Å²) in [6.45, 7) is -1.15. The fourth-order valence-corrected chi connectivity index (χ4v) is 6.73. The Morgan fingerprint density at radius 1 is 0.698 bits per heavy atom. The van der Waals surface area contributed by atoms with Gasteiger partial charge in [-0.1, -0.05) is 22.2 Å². The molecule has 0 radical (unpaired) electrons. The van der Waals surface area contributed by atoms with Crippen molar-refractivity contribution < 1.29 is 40.1 Å². The maximum Gasteiger partial charge on any atom is 0.134 e. The van der Waals surface area contributed by atoms with Crippen LogP contribution in [0.2, 0.25) is 0 Å². The Balaban J connectivity index is 1.25. The second-order valence-electron chi connectivity index (χ2n) is 10.5. The quantitative estimate of drug-likeness (QED) is 0.116. The molecule has 18 nitrogen and oxygen atoms in total. The van der Waals surface area contributed by atoms with Gasteiger partial charge in [0, 0.05) is 14.1 Å². The minimum Gasteiger partial charge on any atom is -0.394 e. The van der Waals surface area contributed by atoms with E-state index in [1.807, 2.05) is 0 Å². The highest BCUT2D eigenvalue weighted by atomic mass is 32.2. The van der Waals surface area contributed by atoms with Gasteiger partial charge in [-0.3, -0.25) is 0 Å². The standard InChI is InChI=1S/C24H32N10O8S/c1-31-9-25-3-13(31)11-5-33(29-27-11)17-19(37)15(7-35)41-23(21(17)39)43-24-22(40)18(20(38)16(8-36)42-24)34-6-12(28-30-34)14-4-26-10-32(14)2/h3-6,9-10,15-24,35-40H,7-8H2,1-2H3/t15-,16?,17?,18+,19?,20+,21-,22?,23?,24+/m1/s1. The van der Waals surface area contributed by atoms with E-state index in [-0.39, 0.29) is 0 Å². The van der Waals surface area contributed by atoms with E-state index in [0.717, 1.165) is 11.8 Å². The molecule has 4 aromatic heterocycles. The van der Waals surface area contributed by atoms with Crippen molar-refractivity contribution in [3.05, 3.63) is 37.4 Å². The summed E-state index contributed by atoms with van der Waals surface area (Å²) in [5.74, 6) is 0. The first-order valence-electron chi connectivity index (χ1n) is 13.4. The second-order valence-corrected chi connectivity index (χ2v) is 11.7. The molecule has 0 aliphatic carbocycles. The average molecular weight is 621 g/mol. The van der Waals surface area contributed by atoms with Crippen molar-refractivity contribution in [3.63, 3.8) is 0 Å². The second kappa shape index (κ2) is 12.0. The Bertz CT molecular complexity index is 1420. The van der Waals surface area contributed by atoms with E-state index in [1.54, 1.807) is 60.7 Å². The van der Waals surface area contributed by atoms with E-state index in [2.05, 4.69) is 30.6 Å². The van der Waals surface area contributed by atoms with Crippen LogP contribution in [0.25, 0.3) is 22.8 Å². The molecule has 6 rings (SSSR count). The summed E-state index contributed by atoms with van der Waals surface area (Å²) in [5, 5.41) is 81.3. The molecule has 6 N–H and O–H groups in total. The lowest BCUT2D eigenvalue weighted by atomic mass is 9.97. The third-order valence-corrected chi connectivity index (χ3v) is 9.07. The molecule has 6 heterocycles. The van der Waals surface area contributed by atoms with E-state index >= 15 is 0 Å². The molecule has 2 saturated heterocycles. The molecule has 0 aromatic carbocycles. The van der Waals surface area contributed by atoms with Crippen molar-refractivity contribution in [3.8, 4) is 22.8 Å². The number of aryl methyl sites for hydroxylation is 2. The number of imidazole rings is 2. The zero-order valence-electron chi connectivity index (χ0n) is 23.0. The number of aliphatic hydroxyl groups excluding tert-OH is 6. The van der Waals surface area contributed by atoms with Gasteiger partial charge in [0.15, 0.2) is 0 Å². The summed E-state index contributed by atoms with van der Waals surface area (Å²) in [6, 6.07) is -2.18. The summed E-state index contributed by atoms with van der Waals surface area (Å²) in [4.78, 5) is 8.13. The Morgan fingerprint density at radius 3 is 1.47 bits per heavy atom. The van der Waals surface area contributed by atoms with E-state index in [4.69, 9.17) is 9.47 Å². The van der Waals surface area contributed by atoms with Crippen LogP contribution in [-0.2, 0) is 23.6 Å². The molecular formula is C24H32N10O8S. The molecular weight excluding hydrogens is 588 g/mol. The maximum absolute atomic E-state index is 11.4. The smallest absolute Gasteiger partial charge is 0.134 e. The fraction of sp³-hybridized carbons (Fsp3) is 0.583. The molecule has 4 aromatic rings. The third kappa shape index (κ3) is 5.36. The molecule has 43 heavy (non-hydrogen) atoms. The zero-order chi connectivity index (χ0) is 30.4. The largest absolute Gasteiger partial charge is 0.394 e. The average Bonchev–Trinajstić information content (AvgIpc) is 3.80. The highest BCUT2D eigenvalue weighted by Gasteiger charge is 2.51. The van der Waals surface area contributed by atoms with Gasteiger partial charge in [0.25, 0.3) is 0 Å². The fourth-order valence-electron chi connectivity index (χ4n) is 5.41. The van der Waals surface area contributed by atoms with Gasteiger partial charge in [0.05, 0.1) is 62.0 Å². The summed E-state index contributed by atoms with van der Waals surface area (Å²) < 4.78 is 17.7. The minimum absolute atomic E-state index is 0.447. The lowest BCUT2D eigenvalue weighted by Gasteiger charge is -2.46. The summed E-state index contributed by atoms with van der Waals surface area (Å²) in [7, 11) is 3.57. The highest BCUT2D eigenvalue weighted by Crippen LogP contribution is 2.42. The molecule has 19 heteroatoms. The number of aromatic nitrogens is 10. The Labute approximate surface area is 248 Å². The van der Waals surface area contributed by atoms with Crippen LogP contribution in [0.15, 0.2) is 37.4 Å². The zero-order valence-corrected chi connectivity index (χ0v) is 23.8. The van der Waals surface area contributed by atoms with Crippen LogP contribution in [0.1, 0.15) is 12.1 Å². The Morgan fingerprint density at radius 2 is 1.12 bits per heavy atom. The molecule has 0 spiro atoms. The lowest BCUT2D eigenvalue weighted by molar-refractivity contribution is -0.189. The van der Waals surface area contributed by atoms with Gasteiger partial charge in [-0.25, -0.2) is 19.3 Å². The molecule has 0 saturated carbocycles. The van der Waals surface area contributed by atoms with Gasteiger partial charge in [-0.2, -0.15) is 0 Å². The van der Waals surface area contributed by atoms with Crippen molar-refractivity contribution in [2.24, 2.45) is 14.1 Å². The van der Waals surface area contributed by atoms with Crippen molar-refractivity contribution >= 4 is 11.8 Å². The van der Waals surface area contributed by atoms with Crippen LogP contribution < -0.4 is 0 Å². The number of hydrogen-bond donors (Lipinski definition) is 6. The normalized spacial score (nSPS) is 33.2. The first kappa shape index (κ1) is 29.8. The van der Waals surface area contributed by atoms with E-state index in [0.29, 0.717) is 22.8 Å². The molecule has 5 unspecified atom stereocenters. The monoisotopic (exact) mass is 620 g/mol. The van der Waals surface area contributed by atoms with Crippen molar-refractivity contribution in [2.75, 3.05) is 13.2 Å². The number of nitrogens with zero attached hydrogens (tertiary/aromatic N) is 10. The van der Waals surface area contributed by atoms with Crippen LogP contribution in [0.4, 0.5) is 0 Å². The summed E-state index contributed by atoms with van der Waals surface area (Å²) >= 11 is 0.871. The number of ether oxygens (including phenoxy) is 2. The van der Waals surface area contributed by atoms with E-state index < -0.39 is 72.8 Å². The minimum atomic E-state index is -1.42. The van der Waals surface area contributed by atoms with Crippen LogP contribution in [0.5, 0.6) is 0 Å². The van der Waals surface area contributed by atoms with Gasteiger partial charge in [0.2, 0.25) is 0 Å². The predicted molar refractivity (Wildman–Crippen MR) is 146 cm³/mol. The van der Waals surface area contributed by atoms with Crippen LogP contribution in [0.3, 0.4) is 0 Å². The number of aliphatic hydroxyl groups is 6. The number of rotatable bonds is 8. The first-order valence-corrected chi connectivity index (χ1v) is 14.3. The van der Waals surface area contributed by atoms with Crippen LogP contribution in [0, 0.1) is 0 Å². The lowest BCUT2D eigenvalue weighted by Crippen LogP contribution is -2.58. The Hall–Kier alpha value is -3.27. The number of thioether (sulfide) groups is 1. The van der Waals surface area contributed by atoms with Crippen molar-refractivity contribution in [1.29, 1.82) is 0 Å². The molecule has 2 aliphatic rings. The summed E-state index contributed by atoms with van der Waals surface area (Å²) in [6.07, 6.45) is 1.66. The molecule has 0 bridgehead atoms. The van der Waals surface area contributed by atoms with Crippen molar-refractivity contribution in [2.45, 2.75) is 59.6 Å². The predicted octanol–water partition coefficient (Wildman–Crippen LogP) is -2.94. The molecule has 2 aliphatic heterocycles. The van der Waals surface area contributed by atoms with Gasteiger partial charge >= 0.3 is 0 Å². The van der Waals surface area contributed by atoms with Gasteiger partial charge < -0.3 is 49.2 Å². The SMILES string of the molecule is Cn1cncc1-c1cn(C2C(O)[C@@H](CO)OC(S[C@@H]3OC(CO)[C@H](O)[C@H](n4cc(-c5cncn5C)nn4)C3O)[C@@H]2O)nn1. The Kier molecular flexibility index (Phi) is 8.33. The van der Waals surface area contributed by atoms with Gasteiger partial charge in [-0.05, 0) is 0 Å². The van der Waals surface area contributed by atoms with Gasteiger partial charge in [-0.15, -0.1) is 10.2 Å². The summed E-state index contributed by atoms with van der Waals surface area (Å²) in [5.41, 5.74) is -0.0868. The van der Waals surface area contributed by atoms with Crippen molar-refractivity contribution in [1.82, 2.24) is 49.1 Å². The highest BCUT2D eigenvalue weighted by molar-refractivity contribution is 8.00.